The molecule has 1 amide bonds. The number of H-pyrrole nitrogens is 1. The number of aromatic nitrogens is 4. The van der Waals surface area contributed by atoms with Crippen molar-refractivity contribution in [1.29, 1.82) is 0 Å². The van der Waals surface area contributed by atoms with Crippen molar-refractivity contribution in [2.24, 2.45) is 0 Å². The van der Waals surface area contributed by atoms with Crippen molar-refractivity contribution in [1.82, 2.24) is 19.7 Å². The third-order valence-electron chi connectivity index (χ3n) is 4.59. The summed E-state index contributed by atoms with van der Waals surface area (Å²) in [4.78, 5) is 19.2. The summed E-state index contributed by atoms with van der Waals surface area (Å²) in [6, 6.07) is 9.37. The van der Waals surface area contributed by atoms with Crippen molar-refractivity contribution in [3.8, 4) is 27.7 Å². The third-order valence-corrected chi connectivity index (χ3v) is 6.63. The number of benzene rings is 1. The third kappa shape index (κ3) is 4.61. The standard InChI is InChI=1S/C20H17F2N5O2S3/c1-10(27-16(25-26-20(27)30)14-4-3-9-31-14)17(28)24-19-23-15(11(2)32-19)12-5-7-13(8-6-12)29-18(21)22/h3-10,18H,1-2H3,(H,26,30)(H,23,24,28). The molecule has 0 fully saturated rings. The second kappa shape index (κ2) is 9.27. The molecule has 0 saturated heterocycles. The summed E-state index contributed by atoms with van der Waals surface area (Å²) in [6.07, 6.45) is 0. The number of thiophene rings is 1. The highest BCUT2D eigenvalue weighted by Gasteiger charge is 2.23. The van der Waals surface area contributed by atoms with Crippen LogP contribution in [0.4, 0.5) is 13.9 Å². The number of rotatable bonds is 7. The molecule has 0 bridgehead atoms. The lowest BCUT2D eigenvalue weighted by Crippen LogP contribution is -2.24. The van der Waals surface area contributed by atoms with Gasteiger partial charge in [-0.15, -0.1) is 22.7 Å². The highest BCUT2D eigenvalue weighted by atomic mass is 32.1. The SMILES string of the molecule is Cc1sc(NC(=O)C(C)n2c(-c3cccs3)n[nH]c2=S)nc1-c1ccc(OC(F)F)cc1. The van der Waals surface area contributed by atoms with E-state index in [1.54, 1.807) is 23.6 Å². The van der Waals surface area contributed by atoms with E-state index in [4.69, 9.17) is 12.2 Å². The molecular formula is C20H17F2N5O2S3. The van der Waals surface area contributed by atoms with E-state index >= 15 is 0 Å². The van der Waals surface area contributed by atoms with Crippen LogP contribution in [-0.4, -0.2) is 32.3 Å². The molecule has 4 aromatic rings. The zero-order valence-electron chi connectivity index (χ0n) is 16.8. The summed E-state index contributed by atoms with van der Waals surface area (Å²) in [7, 11) is 0. The van der Waals surface area contributed by atoms with Gasteiger partial charge >= 0.3 is 6.61 Å². The first-order valence-electron chi connectivity index (χ1n) is 9.38. The minimum absolute atomic E-state index is 0.0670. The smallest absolute Gasteiger partial charge is 0.387 e. The van der Waals surface area contributed by atoms with Crippen LogP contribution in [0, 0.1) is 11.7 Å². The molecule has 3 aromatic heterocycles. The molecule has 0 radical (unpaired) electrons. The number of carbonyl (C=O) groups is 1. The molecule has 12 heteroatoms. The van der Waals surface area contributed by atoms with Gasteiger partial charge in [0, 0.05) is 10.4 Å². The Labute approximate surface area is 194 Å². The number of aryl methyl sites for hydroxylation is 1. The van der Waals surface area contributed by atoms with Gasteiger partial charge in [0.25, 0.3) is 0 Å². The van der Waals surface area contributed by atoms with Crippen LogP contribution in [0.1, 0.15) is 17.8 Å². The van der Waals surface area contributed by atoms with Crippen LogP contribution >= 0.6 is 34.9 Å². The van der Waals surface area contributed by atoms with E-state index in [0.717, 1.165) is 15.3 Å². The average Bonchev–Trinajstić information content (AvgIpc) is 3.48. The van der Waals surface area contributed by atoms with Crippen LogP contribution in [0.3, 0.4) is 0 Å². The lowest BCUT2D eigenvalue weighted by atomic mass is 10.1. The molecule has 0 aliphatic heterocycles. The van der Waals surface area contributed by atoms with Crippen LogP contribution < -0.4 is 10.1 Å². The molecule has 32 heavy (non-hydrogen) atoms. The molecule has 3 heterocycles. The molecule has 1 atom stereocenters. The van der Waals surface area contributed by atoms with Gasteiger partial charge in [-0.3, -0.25) is 14.5 Å². The van der Waals surface area contributed by atoms with Crippen LogP contribution in [0.5, 0.6) is 5.75 Å². The number of amides is 1. The minimum Gasteiger partial charge on any atom is -0.435 e. The fourth-order valence-corrected chi connectivity index (χ4v) is 4.92. The maximum Gasteiger partial charge on any atom is 0.387 e. The molecule has 0 saturated carbocycles. The van der Waals surface area contributed by atoms with Crippen LogP contribution in [0.2, 0.25) is 0 Å². The Kier molecular flexibility index (Phi) is 6.44. The fraction of sp³-hybridized carbons (Fsp3) is 0.200. The van der Waals surface area contributed by atoms with Gasteiger partial charge in [0.15, 0.2) is 15.7 Å². The summed E-state index contributed by atoms with van der Waals surface area (Å²) < 4.78 is 31.1. The van der Waals surface area contributed by atoms with Gasteiger partial charge in [0.1, 0.15) is 11.8 Å². The fourth-order valence-electron chi connectivity index (χ4n) is 3.08. The average molecular weight is 494 g/mol. The Morgan fingerprint density at radius 1 is 1.28 bits per heavy atom. The van der Waals surface area contributed by atoms with Gasteiger partial charge in [0.05, 0.1) is 10.6 Å². The zero-order chi connectivity index (χ0) is 22.8. The van der Waals surface area contributed by atoms with Gasteiger partial charge in [-0.2, -0.15) is 13.9 Å². The first-order valence-corrected chi connectivity index (χ1v) is 11.5. The predicted octanol–water partition coefficient (Wildman–Crippen LogP) is 5.90. The Bertz CT molecular complexity index is 1280. The summed E-state index contributed by atoms with van der Waals surface area (Å²) in [6.45, 7) is 0.729. The van der Waals surface area contributed by atoms with Gasteiger partial charge in [-0.05, 0) is 61.8 Å². The number of thiazole rings is 1. The number of nitrogens with zero attached hydrogens (tertiary/aromatic N) is 3. The van der Waals surface area contributed by atoms with E-state index < -0.39 is 12.7 Å². The Hall–Kier alpha value is -2.96. The highest BCUT2D eigenvalue weighted by molar-refractivity contribution is 7.71. The van der Waals surface area contributed by atoms with E-state index in [9.17, 15) is 13.6 Å². The summed E-state index contributed by atoms with van der Waals surface area (Å²) in [5.74, 6) is 0.369. The molecular weight excluding hydrogens is 476 g/mol. The van der Waals surface area contributed by atoms with Gasteiger partial charge in [-0.1, -0.05) is 6.07 Å². The van der Waals surface area contributed by atoms with Crippen molar-refractivity contribution < 1.29 is 18.3 Å². The maximum absolute atomic E-state index is 13.0. The molecule has 1 unspecified atom stereocenters. The molecule has 0 aliphatic rings. The van der Waals surface area contributed by atoms with E-state index in [1.807, 2.05) is 24.4 Å². The Morgan fingerprint density at radius 2 is 2.03 bits per heavy atom. The number of anilines is 1. The largest absolute Gasteiger partial charge is 0.435 e. The van der Waals surface area contributed by atoms with Crippen LogP contribution in [0.15, 0.2) is 41.8 Å². The molecule has 4 rings (SSSR count). The van der Waals surface area contributed by atoms with Gasteiger partial charge in [0.2, 0.25) is 5.91 Å². The number of hydrogen-bond donors (Lipinski definition) is 2. The van der Waals surface area contributed by atoms with Crippen molar-refractivity contribution in [3.05, 3.63) is 51.4 Å². The second-order valence-electron chi connectivity index (χ2n) is 6.69. The quantitative estimate of drug-likeness (QED) is 0.313. The van der Waals surface area contributed by atoms with Crippen LogP contribution in [-0.2, 0) is 4.79 Å². The topological polar surface area (TPSA) is 84.8 Å². The Morgan fingerprint density at radius 3 is 2.69 bits per heavy atom. The number of halogens is 2. The zero-order valence-corrected chi connectivity index (χ0v) is 19.3. The molecule has 2 N–H and O–H groups in total. The number of carbonyl (C=O) groups excluding carboxylic acids is 1. The Balaban J connectivity index is 1.53. The van der Waals surface area contributed by atoms with Crippen molar-refractivity contribution in [2.75, 3.05) is 5.32 Å². The molecule has 1 aromatic carbocycles. The van der Waals surface area contributed by atoms with Crippen molar-refractivity contribution in [2.45, 2.75) is 26.5 Å². The van der Waals surface area contributed by atoms with Crippen molar-refractivity contribution in [3.63, 3.8) is 0 Å². The number of ether oxygens (including phenoxy) is 1. The van der Waals surface area contributed by atoms with Crippen molar-refractivity contribution >= 4 is 45.9 Å². The summed E-state index contributed by atoms with van der Waals surface area (Å²) in [5, 5.41) is 12.2. The lowest BCUT2D eigenvalue weighted by molar-refractivity contribution is -0.118. The van der Waals surface area contributed by atoms with E-state index in [-0.39, 0.29) is 11.7 Å². The normalized spacial score (nSPS) is 12.2. The number of alkyl halides is 2. The number of nitrogens with one attached hydrogen (secondary N) is 2. The van der Waals surface area contributed by atoms with Crippen LogP contribution in [0.25, 0.3) is 22.0 Å². The van der Waals surface area contributed by atoms with Gasteiger partial charge in [-0.25, -0.2) is 4.98 Å². The number of hydrogen-bond acceptors (Lipinski definition) is 7. The number of aromatic amines is 1. The minimum atomic E-state index is -2.88. The van der Waals surface area contributed by atoms with E-state index in [0.29, 0.717) is 21.4 Å². The second-order valence-corrected chi connectivity index (χ2v) is 9.23. The van der Waals surface area contributed by atoms with E-state index in [1.165, 1.54) is 34.8 Å². The first kappa shape index (κ1) is 22.2. The predicted molar refractivity (Wildman–Crippen MR) is 123 cm³/mol. The summed E-state index contributed by atoms with van der Waals surface area (Å²) in [5.41, 5.74) is 1.38. The molecule has 0 spiro atoms. The summed E-state index contributed by atoms with van der Waals surface area (Å²) >= 11 is 8.16. The monoisotopic (exact) mass is 493 g/mol. The first-order chi connectivity index (χ1) is 15.3. The molecule has 0 aliphatic carbocycles. The lowest BCUT2D eigenvalue weighted by Gasteiger charge is -2.14. The van der Waals surface area contributed by atoms with E-state index in [2.05, 4.69) is 25.2 Å². The molecule has 7 nitrogen and oxygen atoms in total. The highest BCUT2D eigenvalue weighted by Crippen LogP contribution is 2.32. The van der Waals surface area contributed by atoms with Gasteiger partial charge < -0.3 is 10.1 Å². The maximum atomic E-state index is 13.0. The molecule has 166 valence electrons.